The largest absolute Gasteiger partial charge is 0.497 e. The summed E-state index contributed by atoms with van der Waals surface area (Å²) in [6, 6.07) is 16.8. The lowest BCUT2D eigenvalue weighted by molar-refractivity contribution is 0.245. The second-order valence-electron chi connectivity index (χ2n) is 5.96. The first kappa shape index (κ1) is 18.1. The molecule has 0 atom stereocenters. The molecule has 7 heteroatoms. The van der Waals surface area contributed by atoms with Gasteiger partial charge >= 0.3 is 0 Å². The zero-order valence-corrected chi connectivity index (χ0v) is 16.1. The Kier molecular flexibility index (Phi) is 5.04. The van der Waals surface area contributed by atoms with Crippen molar-refractivity contribution in [2.45, 2.75) is 6.61 Å². The molecule has 0 aliphatic heterocycles. The summed E-state index contributed by atoms with van der Waals surface area (Å²) in [5.41, 5.74) is 0.704. The van der Waals surface area contributed by atoms with Crippen molar-refractivity contribution in [2.24, 2.45) is 0 Å². The van der Waals surface area contributed by atoms with Gasteiger partial charge in [-0.25, -0.2) is 0 Å². The number of aromatic nitrogens is 2. The van der Waals surface area contributed by atoms with Crippen molar-refractivity contribution in [3.8, 4) is 28.6 Å². The van der Waals surface area contributed by atoms with E-state index in [0.29, 0.717) is 39.5 Å². The van der Waals surface area contributed by atoms with Crippen molar-refractivity contribution in [1.29, 1.82) is 0 Å². The fourth-order valence-electron chi connectivity index (χ4n) is 2.91. The van der Waals surface area contributed by atoms with Crippen LogP contribution in [0.25, 0.3) is 22.2 Å². The van der Waals surface area contributed by atoms with Gasteiger partial charge in [-0.1, -0.05) is 41.0 Å². The number of hydrogen-bond acceptors (Lipinski definition) is 6. The van der Waals surface area contributed by atoms with Crippen molar-refractivity contribution >= 4 is 22.4 Å². The van der Waals surface area contributed by atoms with Gasteiger partial charge in [0, 0.05) is 21.9 Å². The maximum absolute atomic E-state index is 6.25. The van der Waals surface area contributed by atoms with E-state index in [0.717, 1.165) is 10.8 Å². The van der Waals surface area contributed by atoms with Gasteiger partial charge in [0.25, 0.3) is 5.89 Å². The Labute approximate surface area is 166 Å². The van der Waals surface area contributed by atoms with E-state index in [9.17, 15) is 0 Å². The topological polar surface area (TPSA) is 66.6 Å². The van der Waals surface area contributed by atoms with E-state index >= 15 is 0 Å². The molecule has 0 spiro atoms. The summed E-state index contributed by atoms with van der Waals surface area (Å²) in [7, 11) is 3.17. The van der Waals surface area contributed by atoms with Crippen LogP contribution in [0.15, 0.2) is 59.1 Å². The molecular formula is C21H17ClN2O4. The molecular weight excluding hydrogens is 380 g/mol. The van der Waals surface area contributed by atoms with Crippen LogP contribution in [0.3, 0.4) is 0 Å². The summed E-state index contributed by atoms with van der Waals surface area (Å²) < 4.78 is 21.8. The van der Waals surface area contributed by atoms with Gasteiger partial charge in [-0.15, -0.1) is 0 Å². The number of methoxy groups -OCH3 is 2. The molecule has 0 fully saturated rings. The number of halogens is 1. The summed E-state index contributed by atoms with van der Waals surface area (Å²) in [4.78, 5) is 4.41. The molecule has 0 amide bonds. The summed E-state index contributed by atoms with van der Waals surface area (Å²) in [6.45, 7) is 0.136. The Morgan fingerprint density at radius 1 is 0.929 bits per heavy atom. The van der Waals surface area contributed by atoms with Gasteiger partial charge in [0.1, 0.15) is 17.2 Å². The van der Waals surface area contributed by atoms with Gasteiger partial charge in [-0.2, -0.15) is 4.98 Å². The Bertz CT molecular complexity index is 1130. The minimum absolute atomic E-state index is 0.136. The molecule has 0 unspecified atom stereocenters. The van der Waals surface area contributed by atoms with Gasteiger partial charge < -0.3 is 18.7 Å². The number of benzene rings is 3. The van der Waals surface area contributed by atoms with E-state index in [4.69, 9.17) is 30.3 Å². The number of rotatable bonds is 6. The maximum atomic E-state index is 6.25. The molecule has 1 heterocycles. The van der Waals surface area contributed by atoms with Gasteiger partial charge in [-0.05, 0) is 24.3 Å². The number of hydrogen-bond donors (Lipinski definition) is 0. The van der Waals surface area contributed by atoms with Crippen LogP contribution in [0, 0.1) is 0 Å². The molecule has 0 N–H and O–H groups in total. The molecule has 142 valence electrons. The highest BCUT2D eigenvalue weighted by Crippen LogP contribution is 2.33. The van der Waals surface area contributed by atoms with Crippen LogP contribution >= 0.6 is 11.6 Å². The molecule has 3 aromatic carbocycles. The molecule has 0 bridgehead atoms. The fourth-order valence-corrected chi connectivity index (χ4v) is 3.13. The van der Waals surface area contributed by atoms with Gasteiger partial charge in [0.15, 0.2) is 6.61 Å². The SMILES string of the molecule is COc1ccc(-c2noc(COc3ccc(Cl)c4ccccc34)n2)c(OC)c1. The molecule has 4 rings (SSSR count). The zero-order valence-electron chi connectivity index (χ0n) is 15.3. The maximum Gasteiger partial charge on any atom is 0.264 e. The van der Waals surface area contributed by atoms with Crippen LogP contribution in [0.4, 0.5) is 0 Å². The van der Waals surface area contributed by atoms with E-state index in [1.165, 1.54) is 0 Å². The fraction of sp³-hybridized carbons (Fsp3) is 0.143. The van der Waals surface area contributed by atoms with Crippen molar-refractivity contribution < 1.29 is 18.7 Å². The summed E-state index contributed by atoms with van der Waals surface area (Å²) in [5, 5.41) is 6.56. The van der Waals surface area contributed by atoms with Crippen molar-refractivity contribution in [2.75, 3.05) is 14.2 Å². The second kappa shape index (κ2) is 7.78. The summed E-state index contributed by atoms with van der Waals surface area (Å²) in [6.07, 6.45) is 0. The van der Waals surface area contributed by atoms with E-state index in [1.807, 2.05) is 42.5 Å². The van der Waals surface area contributed by atoms with Crippen LogP contribution in [-0.2, 0) is 6.61 Å². The molecule has 0 radical (unpaired) electrons. The van der Waals surface area contributed by atoms with Crippen LogP contribution < -0.4 is 14.2 Å². The third-order valence-electron chi connectivity index (χ3n) is 4.30. The Morgan fingerprint density at radius 2 is 1.75 bits per heavy atom. The smallest absolute Gasteiger partial charge is 0.264 e. The minimum atomic E-state index is 0.136. The number of fused-ring (bicyclic) bond motifs is 1. The second-order valence-corrected chi connectivity index (χ2v) is 6.36. The first-order valence-corrected chi connectivity index (χ1v) is 8.92. The minimum Gasteiger partial charge on any atom is -0.497 e. The van der Waals surface area contributed by atoms with Crippen LogP contribution in [0.5, 0.6) is 17.2 Å². The van der Waals surface area contributed by atoms with Crippen LogP contribution in [0.2, 0.25) is 5.02 Å². The number of ether oxygens (including phenoxy) is 3. The van der Waals surface area contributed by atoms with E-state index < -0.39 is 0 Å². The zero-order chi connectivity index (χ0) is 19.5. The molecule has 0 saturated carbocycles. The lowest BCUT2D eigenvalue weighted by Gasteiger charge is -2.08. The van der Waals surface area contributed by atoms with Crippen molar-refractivity contribution in [1.82, 2.24) is 10.1 Å². The van der Waals surface area contributed by atoms with Crippen molar-refractivity contribution in [3.63, 3.8) is 0 Å². The molecule has 1 aromatic heterocycles. The summed E-state index contributed by atoms with van der Waals surface area (Å²) >= 11 is 6.25. The molecule has 0 aliphatic rings. The van der Waals surface area contributed by atoms with E-state index in [-0.39, 0.29) is 6.61 Å². The highest BCUT2D eigenvalue weighted by molar-refractivity contribution is 6.35. The summed E-state index contributed by atoms with van der Waals surface area (Å²) in [5.74, 6) is 2.74. The molecule has 4 aromatic rings. The van der Waals surface area contributed by atoms with Gasteiger partial charge in [0.05, 0.1) is 19.8 Å². The molecule has 0 saturated heterocycles. The van der Waals surface area contributed by atoms with Crippen LogP contribution in [-0.4, -0.2) is 24.4 Å². The first-order valence-electron chi connectivity index (χ1n) is 8.54. The lowest BCUT2D eigenvalue weighted by atomic mass is 10.1. The normalized spacial score (nSPS) is 10.8. The van der Waals surface area contributed by atoms with Crippen molar-refractivity contribution in [3.05, 3.63) is 65.5 Å². The first-order chi connectivity index (χ1) is 13.7. The number of nitrogens with zero attached hydrogens (tertiary/aromatic N) is 2. The monoisotopic (exact) mass is 396 g/mol. The average molecular weight is 397 g/mol. The third kappa shape index (κ3) is 3.46. The highest BCUT2D eigenvalue weighted by atomic mass is 35.5. The lowest BCUT2D eigenvalue weighted by Crippen LogP contribution is -1.97. The Balaban J connectivity index is 1.56. The third-order valence-corrected chi connectivity index (χ3v) is 4.63. The standard InChI is InChI=1S/C21H17ClN2O4/c1-25-13-7-8-16(19(11-13)26-2)21-23-20(28-24-21)12-27-18-10-9-17(22)14-5-3-4-6-15(14)18/h3-11H,12H2,1-2H3. The Hall–Kier alpha value is -3.25. The predicted molar refractivity (Wildman–Crippen MR) is 106 cm³/mol. The predicted octanol–water partition coefficient (Wildman–Crippen LogP) is 5.14. The molecule has 0 aliphatic carbocycles. The van der Waals surface area contributed by atoms with Gasteiger partial charge in [0.2, 0.25) is 5.82 Å². The van der Waals surface area contributed by atoms with E-state index in [2.05, 4.69) is 10.1 Å². The van der Waals surface area contributed by atoms with E-state index in [1.54, 1.807) is 26.4 Å². The molecule has 28 heavy (non-hydrogen) atoms. The van der Waals surface area contributed by atoms with Gasteiger partial charge in [-0.3, -0.25) is 0 Å². The molecule has 6 nitrogen and oxygen atoms in total. The van der Waals surface area contributed by atoms with Crippen LogP contribution in [0.1, 0.15) is 5.89 Å². The quantitative estimate of drug-likeness (QED) is 0.449. The Morgan fingerprint density at radius 3 is 2.54 bits per heavy atom. The highest BCUT2D eigenvalue weighted by Gasteiger charge is 2.15. The average Bonchev–Trinajstić information content (AvgIpc) is 3.22.